The molecule has 2 aromatic carbocycles. The first-order valence-corrected chi connectivity index (χ1v) is 7.76. The van der Waals surface area contributed by atoms with E-state index < -0.39 is 0 Å². The van der Waals surface area contributed by atoms with Crippen LogP contribution in [0.1, 0.15) is 17.8 Å². The zero-order chi connectivity index (χ0) is 16.0. The van der Waals surface area contributed by atoms with Gasteiger partial charge in [-0.05, 0) is 54.0 Å². The number of nitrogen functional groups attached to an aromatic ring is 1. The van der Waals surface area contributed by atoms with Crippen LogP contribution in [0.25, 0.3) is 22.6 Å². The molecule has 4 rings (SSSR count). The molecule has 0 radical (unpaired) electrons. The van der Waals surface area contributed by atoms with E-state index in [-0.39, 0.29) is 5.56 Å². The third kappa shape index (κ3) is 2.41. The average Bonchev–Trinajstić information content (AvgIpc) is 2.92. The van der Waals surface area contributed by atoms with Crippen molar-refractivity contribution in [2.24, 2.45) is 0 Å². The minimum atomic E-state index is -0.0354. The number of rotatable bonds is 1. The highest BCUT2D eigenvalue weighted by Gasteiger charge is 2.20. The zero-order valence-corrected chi connectivity index (χ0v) is 13.0. The van der Waals surface area contributed by atoms with Crippen LogP contribution in [0.3, 0.4) is 0 Å². The Labute approximate surface area is 137 Å². The molecule has 2 heterocycles. The summed E-state index contributed by atoms with van der Waals surface area (Å²) in [6, 6.07) is 12.9. The maximum atomic E-state index is 12.6. The second-order valence-electron chi connectivity index (χ2n) is 5.64. The van der Waals surface area contributed by atoms with Gasteiger partial charge in [-0.3, -0.25) is 9.36 Å². The van der Waals surface area contributed by atoms with Crippen LogP contribution >= 0.6 is 11.6 Å². The molecule has 4 nitrogen and oxygen atoms in total. The first kappa shape index (κ1) is 14.0. The van der Waals surface area contributed by atoms with Crippen LogP contribution in [0.5, 0.6) is 0 Å². The van der Waals surface area contributed by atoms with Gasteiger partial charge in [0.1, 0.15) is 5.82 Å². The molecule has 2 N–H and O–H groups in total. The average molecular weight is 324 g/mol. The van der Waals surface area contributed by atoms with Crippen molar-refractivity contribution < 1.29 is 0 Å². The van der Waals surface area contributed by atoms with Gasteiger partial charge in [-0.15, -0.1) is 0 Å². The Balaban J connectivity index is 1.90. The van der Waals surface area contributed by atoms with Crippen LogP contribution in [0, 0.1) is 0 Å². The van der Waals surface area contributed by atoms with Gasteiger partial charge in [0.05, 0.1) is 10.9 Å². The maximum Gasteiger partial charge on any atom is 0.261 e. The van der Waals surface area contributed by atoms with E-state index in [9.17, 15) is 4.79 Å². The van der Waals surface area contributed by atoms with Crippen molar-refractivity contribution >= 4 is 39.8 Å². The summed E-state index contributed by atoms with van der Waals surface area (Å²) in [6.07, 6.45) is 2.82. The summed E-state index contributed by atoms with van der Waals surface area (Å²) < 4.78 is 1.72. The van der Waals surface area contributed by atoms with E-state index in [0.717, 1.165) is 23.4 Å². The molecule has 0 saturated heterocycles. The molecule has 1 aromatic heterocycles. The first-order chi connectivity index (χ1) is 11.1. The second-order valence-corrected chi connectivity index (χ2v) is 6.08. The van der Waals surface area contributed by atoms with Gasteiger partial charge in [-0.1, -0.05) is 23.7 Å². The Bertz CT molecular complexity index is 1020. The summed E-state index contributed by atoms with van der Waals surface area (Å²) in [5.41, 5.74) is 9.05. The summed E-state index contributed by atoms with van der Waals surface area (Å²) in [4.78, 5) is 17.3. The maximum absolute atomic E-state index is 12.6. The lowest BCUT2D eigenvalue weighted by Crippen LogP contribution is -2.20. The number of anilines is 1. The molecular weight excluding hydrogens is 310 g/mol. The molecule has 0 amide bonds. The Morgan fingerprint density at radius 2 is 2.09 bits per heavy atom. The zero-order valence-electron chi connectivity index (χ0n) is 12.3. The van der Waals surface area contributed by atoms with E-state index in [1.54, 1.807) is 22.8 Å². The Kier molecular flexibility index (Phi) is 3.20. The molecule has 0 unspecified atom stereocenters. The number of hydrogen-bond acceptors (Lipinski definition) is 3. The lowest BCUT2D eigenvalue weighted by molar-refractivity contribution is 0.725. The molecule has 0 aliphatic carbocycles. The summed E-state index contributed by atoms with van der Waals surface area (Å²) in [7, 11) is 0. The number of halogens is 1. The normalized spacial score (nSPS) is 15.3. The van der Waals surface area contributed by atoms with Crippen LogP contribution in [-0.2, 0) is 6.54 Å². The number of aromatic nitrogens is 2. The summed E-state index contributed by atoms with van der Waals surface area (Å²) in [5, 5.41) is 1.26. The van der Waals surface area contributed by atoms with Crippen LogP contribution < -0.4 is 11.3 Å². The number of hydrogen-bond donors (Lipinski definition) is 1. The van der Waals surface area contributed by atoms with Crippen molar-refractivity contribution in [1.29, 1.82) is 0 Å². The van der Waals surface area contributed by atoms with E-state index in [2.05, 4.69) is 4.98 Å². The van der Waals surface area contributed by atoms with Crippen LogP contribution in [0.4, 0.5) is 5.69 Å². The highest BCUT2D eigenvalue weighted by Crippen LogP contribution is 2.28. The predicted molar refractivity (Wildman–Crippen MR) is 94.4 cm³/mol. The molecule has 0 spiro atoms. The van der Waals surface area contributed by atoms with E-state index in [1.165, 1.54) is 0 Å². The van der Waals surface area contributed by atoms with E-state index in [0.29, 0.717) is 28.2 Å². The molecule has 1 aliphatic heterocycles. The van der Waals surface area contributed by atoms with Gasteiger partial charge in [-0.2, -0.15) is 0 Å². The SMILES string of the molecule is Nc1ccc2nc3n(c(=O)c2c1)CC/C3=C\c1cccc(Cl)c1. The topological polar surface area (TPSA) is 60.9 Å². The largest absolute Gasteiger partial charge is 0.399 e. The predicted octanol–water partition coefficient (Wildman–Crippen LogP) is 3.58. The monoisotopic (exact) mass is 323 g/mol. The lowest BCUT2D eigenvalue weighted by Gasteiger charge is -2.06. The number of allylic oxidation sites excluding steroid dienone is 1. The molecular formula is C18H14ClN3O. The number of fused-ring (bicyclic) bond motifs is 2. The molecule has 0 atom stereocenters. The molecule has 114 valence electrons. The van der Waals surface area contributed by atoms with Crippen molar-refractivity contribution in [2.75, 3.05) is 5.73 Å². The van der Waals surface area contributed by atoms with E-state index in [4.69, 9.17) is 17.3 Å². The fourth-order valence-corrected chi connectivity index (χ4v) is 3.17. The quantitative estimate of drug-likeness (QED) is 0.696. The highest BCUT2D eigenvalue weighted by molar-refractivity contribution is 6.30. The van der Waals surface area contributed by atoms with E-state index >= 15 is 0 Å². The second kappa shape index (κ2) is 5.25. The van der Waals surface area contributed by atoms with Gasteiger partial charge >= 0.3 is 0 Å². The molecule has 0 bridgehead atoms. The lowest BCUT2D eigenvalue weighted by atomic mass is 10.1. The molecule has 0 fully saturated rings. The van der Waals surface area contributed by atoms with Crippen molar-refractivity contribution in [1.82, 2.24) is 9.55 Å². The molecule has 1 aliphatic rings. The van der Waals surface area contributed by atoms with Gasteiger partial charge in [-0.25, -0.2) is 4.98 Å². The third-order valence-electron chi connectivity index (χ3n) is 4.06. The summed E-state index contributed by atoms with van der Waals surface area (Å²) >= 11 is 6.04. The van der Waals surface area contributed by atoms with Crippen LogP contribution in [-0.4, -0.2) is 9.55 Å². The minimum Gasteiger partial charge on any atom is -0.399 e. The van der Waals surface area contributed by atoms with Crippen molar-refractivity contribution in [3.63, 3.8) is 0 Å². The third-order valence-corrected chi connectivity index (χ3v) is 4.29. The first-order valence-electron chi connectivity index (χ1n) is 7.38. The molecule has 0 saturated carbocycles. The molecule has 23 heavy (non-hydrogen) atoms. The van der Waals surface area contributed by atoms with E-state index in [1.807, 2.05) is 30.3 Å². The van der Waals surface area contributed by atoms with Crippen LogP contribution in [0.15, 0.2) is 47.3 Å². The van der Waals surface area contributed by atoms with Crippen molar-refractivity contribution in [3.05, 3.63) is 69.2 Å². The standard InChI is InChI=1S/C18H14ClN3O/c19-13-3-1-2-11(9-13)8-12-6-7-22-17(12)21-16-5-4-14(20)10-15(16)18(22)23/h1-5,8-10H,6-7,20H2/b12-8+. The molecule has 5 heteroatoms. The fraction of sp³-hybridized carbons (Fsp3) is 0.111. The van der Waals surface area contributed by atoms with Crippen LogP contribution in [0.2, 0.25) is 5.02 Å². The number of nitrogens with zero attached hydrogens (tertiary/aromatic N) is 2. The fourth-order valence-electron chi connectivity index (χ4n) is 2.97. The van der Waals surface area contributed by atoms with Gasteiger partial charge in [0, 0.05) is 17.3 Å². The summed E-state index contributed by atoms with van der Waals surface area (Å²) in [6.45, 7) is 0.637. The molecule has 3 aromatic rings. The van der Waals surface area contributed by atoms with Gasteiger partial charge < -0.3 is 5.73 Å². The van der Waals surface area contributed by atoms with Gasteiger partial charge in [0.2, 0.25) is 0 Å². The minimum absolute atomic E-state index is 0.0354. The highest BCUT2D eigenvalue weighted by atomic mass is 35.5. The Morgan fingerprint density at radius 3 is 2.91 bits per heavy atom. The summed E-state index contributed by atoms with van der Waals surface area (Å²) in [5.74, 6) is 0.729. The van der Waals surface area contributed by atoms with Crippen molar-refractivity contribution in [3.8, 4) is 0 Å². The van der Waals surface area contributed by atoms with Crippen molar-refractivity contribution in [2.45, 2.75) is 13.0 Å². The number of benzene rings is 2. The van der Waals surface area contributed by atoms with Gasteiger partial charge in [0.15, 0.2) is 0 Å². The Hall–Kier alpha value is -2.59. The Morgan fingerprint density at radius 1 is 1.22 bits per heavy atom. The number of nitrogens with two attached hydrogens (primary N) is 1. The smallest absolute Gasteiger partial charge is 0.261 e. The van der Waals surface area contributed by atoms with Gasteiger partial charge in [0.25, 0.3) is 5.56 Å².